The Labute approximate surface area is 138 Å². The number of rotatable bonds is 8. The molecule has 1 aliphatic carbocycles. The van der Waals surface area contributed by atoms with Crippen LogP contribution in [0, 0.1) is 11.8 Å². The first-order valence-corrected chi connectivity index (χ1v) is 8.34. The summed E-state index contributed by atoms with van der Waals surface area (Å²) in [4.78, 5) is 26.4. The number of nitrogens with zero attached hydrogens (tertiary/aromatic N) is 1. The Morgan fingerprint density at radius 3 is 2.57 bits per heavy atom. The van der Waals surface area contributed by atoms with Gasteiger partial charge in [-0.15, -0.1) is 0 Å². The number of carbonyl (C=O) groups is 2. The summed E-state index contributed by atoms with van der Waals surface area (Å²) < 4.78 is 0. The van der Waals surface area contributed by atoms with Gasteiger partial charge >= 0.3 is 0 Å². The van der Waals surface area contributed by atoms with Crippen LogP contribution < -0.4 is 10.6 Å². The number of nitrogens with one attached hydrogen (secondary N) is 2. The van der Waals surface area contributed by atoms with Gasteiger partial charge in [0, 0.05) is 12.2 Å². The van der Waals surface area contributed by atoms with Gasteiger partial charge in [-0.2, -0.15) is 0 Å². The number of anilines is 1. The predicted octanol–water partition coefficient (Wildman–Crippen LogP) is 1.89. The van der Waals surface area contributed by atoms with E-state index >= 15 is 0 Å². The van der Waals surface area contributed by atoms with Gasteiger partial charge in [-0.25, -0.2) is 0 Å². The van der Waals surface area contributed by atoms with E-state index in [2.05, 4.69) is 22.5 Å². The van der Waals surface area contributed by atoms with Crippen molar-refractivity contribution >= 4 is 17.5 Å². The van der Waals surface area contributed by atoms with Crippen molar-refractivity contribution in [3.63, 3.8) is 0 Å². The molecule has 0 heterocycles. The molecule has 2 atom stereocenters. The second kappa shape index (κ2) is 8.11. The summed E-state index contributed by atoms with van der Waals surface area (Å²) in [5.41, 5.74) is 1.98. The van der Waals surface area contributed by atoms with Crippen molar-refractivity contribution < 1.29 is 9.59 Å². The Balaban J connectivity index is 1.76. The molecule has 2 rings (SSSR count). The smallest absolute Gasteiger partial charge is 0.228 e. The van der Waals surface area contributed by atoms with Crippen LogP contribution in [0.15, 0.2) is 24.3 Å². The van der Waals surface area contributed by atoms with Crippen LogP contribution in [0.25, 0.3) is 0 Å². The number of hydrogen-bond donors (Lipinski definition) is 2. The molecule has 1 aliphatic rings. The molecule has 5 nitrogen and oxygen atoms in total. The molecule has 2 unspecified atom stereocenters. The van der Waals surface area contributed by atoms with Crippen LogP contribution in [0.5, 0.6) is 0 Å². The highest BCUT2D eigenvalue weighted by molar-refractivity contribution is 5.99. The maximum absolute atomic E-state index is 12.3. The summed E-state index contributed by atoms with van der Waals surface area (Å²) in [6.45, 7) is 3.68. The van der Waals surface area contributed by atoms with E-state index in [1.807, 2.05) is 38.4 Å². The predicted molar refractivity (Wildman–Crippen MR) is 92.2 cm³/mol. The van der Waals surface area contributed by atoms with Crippen molar-refractivity contribution in [1.29, 1.82) is 0 Å². The zero-order chi connectivity index (χ0) is 16.8. The molecular formula is C18H27N3O2. The van der Waals surface area contributed by atoms with E-state index in [4.69, 9.17) is 0 Å². The first kappa shape index (κ1) is 17.5. The van der Waals surface area contributed by atoms with Gasteiger partial charge < -0.3 is 15.5 Å². The maximum atomic E-state index is 12.3. The molecule has 126 valence electrons. The Bertz CT molecular complexity index is 557. The fourth-order valence-corrected chi connectivity index (χ4v) is 2.69. The second-order valence-electron chi connectivity index (χ2n) is 6.40. The monoisotopic (exact) mass is 317 g/mol. The minimum atomic E-state index is -0.186. The largest absolute Gasteiger partial charge is 0.356 e. The molecule has 1 saturated carbocycles. The van der Waals surface area contributed by atoms with E-state index in [0.29, 0.717) is 13.0 Å². The molecule has 1 aromatic carbocycles. The van der Waals surface area contributed by atoms with Crippen molar-refractivity contribution in [1.82, 2.24) is 10.2 Å². The average Bonchev–Trinajstić information content (AvgIpc) is 3.32. The summed E-state index contributed by atoms with van der Waals surface area (Å²) in [5.74, 6) is -0.385. The highest BCUT2D eigenvalue weighted by atomic mass is 16.2. The molecular weight excluding hydrogens is 290 g/mol. The number of carbonyl (C=O) groups excluding carboxylic acids is 2. The molecule has 0 radical (unpaired) electrons. The fraction of sp³-hybridized carbons (Fsp3) is 0.556. The molecule has 2 N–H and O–H groups in total. The normalized spacial score (nSPS) is 19.5. The first-order valence-electron chi connectivity index (χ1n) is 8.34. The molecule has 0 spiro atoms. The molecule has 5 heteroatoms. The van der Waals surface area contributed by atoms with Gasteiger partial charge in [0.15, 0.2) is 0 Å². The zero-order valence-corrected chi connectivity index (χ0v) is 14.3. The van der Waals surface area contributed by atoms with E-state index in [1.54, 1.807) is 0 Å². The van der Waals surface area contributed by atoms with E-state index in [0.717, 1.165) is 30.6 Å². The highest BCUT2D eigenvalue weighted by Crippen LogP contribution is 2.39. The van der Waals surface area contributed by atoms with E-state index < -0.39 is 0 Å². The highest BCUT2D eigenvalue weighted by Gasteiger charge is 2.47. The van der Waals surface area contributed by atoms with E-state index in [1.165, 1.54) is 0 Å². The van der Waals surface area contributed by atoms with Crippen molar-refractivity contribution in [2.75, 3.05) is 32.5 Å². The van der Waals surface area contributed by atoms with Gasteiger partial charge in [0.1, 0.15) is 0 Å². The van der Waals surface area contributed by atoms with Crippen molar-refractivity contribution in [3.8, 4) is 0 Å². The third-order valence-corrected chi connectivity index (χ3v) is 4.20. The summed E-state index contributed by atoms with van der Waals surface area (Å²) in [6.07, 6.45) is 2.45. The molecule has 1 aromatic rings. The quantitative estimate of drug-likeness (QED) is 0.720. The number of hydrogen-bond acceptors (Lipinski definition) is 3. The van der Waals surface area contributed by atoms with E-state index in [9.17, 15) is 9.59 Å². The summed E-state index contributed by atoms with van der Waals surface area (Å²) >= 11 is 0. The molecule has 0 bridgehead atoms. The van der Waals surface area contributed by atoms with Crippen molar-refractivity contribution in [2.45, 2.75) is 26.2 Å². The summed E-state index contributed by atoms with van der Waals surface area (Å²) in [6, 6.07) is 7.80. The number of para-hydroxylation sites is 1. The van der Waals surface area contributed by atoms with Gasteiger partial charge in [-0.05, 0) is 51.5 Å². The first-order chi connectivity index (χ1) is 11.0. The maximum Gasteiger partial charge on any atom is 0.228 e. The molecule has 0 aromatic heterocycles. The summed E-state index contributed by atoms with van der Waals surface area (Å²) in [7, 11) is 4.02. The lowest BCUT2D eigenvalue weighted by atomic mass is 10.1. The lowest BCUT2D eigenvalue weighted by Gasteiger charge is -2.10. The van der Waals surface area contributed by atoms with Gasteiger partial charge in [-0.3, -0.25) is 9.59 Å². The number of aryl methyl sites for hydroxylation is 1. The molecule has 0 saturated heterocycles. The van der Waals surface area contributed by atoms with Crippen LogP contribution in [0.1, 0.15) is 25.3 Å². The van der Waals surface area contributed by atoms with Gasteiger partial charge in [0.25, 0.3) is 0 Å². The third-order valence-electron chi connectivity index (χ3n) is 4.20. The fourth-order valence-electron chi connectivity index (χ4n) is 2.69. The molecule has 23 heavy (non-hydrogen) atoms. The van der Waals surface area contributed by atoms with Gasteiger partial charge in [0.2, 0.25) is 11.8 Å². The second-order valence-corrected chi connectivity index (χ2v) is 6.40. The Hall–Kier alpha value is -1.88. The lowest BCUT2D eigenvalue weighted by Crippen LogP contribution is -2.30. The lowest BCUT2D eigenvalue weighted by molar-refractivity contribution is -0.125. The standard InChI is InChI=1S/C18H27N3O2/c1-4-13-8-5-6-9-16(13)20-18(23)15-12-14(15)17(22)19-10-7-11-21(2)3/h5-6,8-9,14-15H,4,7,10-12H2,1-3H3,(H,19,22)(H,20,23). The van der Waals surface area contributed by atoms with Crippen LogP contribution in [0.4, 0.5) is 5.69 Å². The number of amides is 2. The van der Waals surface area contributed by atoms with Crippen LogP contribution in [0.2, 0.25) is 0 Å². The Morgan fingerprint density at radius 1 is 1.17 bits per heavy atom. The minimum absolute atomic E-state index is 0.00711. The van der Waals surface area contributed by atoms with E-state index in [-0.39, 0.29) is 23.7 Å². The topological polar surface area (TPSA) is 61.4 Å². The van der Waals surface area contributed by atoms with Gasteiger partial charge in [0.05, 0.1) is 11.8 Å². The number of benzene rings is 1. The van der Waals surface area contributed by atoms with Crippen LogP contribution in [-0.2, 0) is 16.0 Å². The van der Waals surface area contributed by atoms with Crippen LogP contribution in [0.3, 0.4) is 0 Å². The van der Waals surface area contributed by atoms with Crippen molar-refractivity contribution in [3.05, 3.63) is 29.8 Å². The van der Waals surface area contributed by atoms with Gasteiger partial charge in [-0.1, -0.05) is 25.1 Å². The average molecular weight is 317 g/mol. The van der Waals surface area contributed by atoms with Crippen LogP contribution in [-0.4, -0.2) is 43.9 Å². The van der Waals surface area contributed by atoms with Crippen molar-refractivity contribution in [2.24, 2.45) is 11.8 Å². The van der Waals surface area contributed by atoms with Crippen LogP contribution >= 0.6 is 0 Å². The zero-order valence-electron chi connectivity index (χ0n) is 14.3. The minimum Gasteiger partial charge on any atom is -0.356 e. The Morgan fingerprint density at radius 2 is 1.87 bits per heavy atom. The molecule has 1 fully saturated rings. The summed E-state index contributed by atoms with van der Waals surface area (Å²) in [5, 5.41) is 5.89. The molecule has 0 aliphatic heterocycles. The SMILES string of the molecule is CCc1ccccc1NC(=O)C1CC1C(=O)NCCCN(C)C. The third kappa shape index (κ3) is 5.06. The Kier molecular flexibility index (Phi) is 6.16. The molecule has 2 amide bonds.